The van der Waals surface area contributed by atoms with Crippen LogP contribution in [0.3, 0.4) is 0 Å². The van der Waals surface area contributed by atoms with Crippen molar-refractivity contribution >= 4 is 55.5 Å². The summed E-state index contributed by atoms with van der Waals surface area (Å²) in [4.78, 5) is 23.6. The van der Waals surface area contributed by atoms with E-state index in [9.17, 15) is 18.0 Å². The molecule has 0 radical (unpaired) electrons. The number of benzene rings is 2. The number of rotatable bonds is 6. The molecule has 2 N–H and O–H groups in total. The van der Waals surface area contributed by atoms with Crippen LogP contribution < -0.4 is 10.0 Å². The third-order valence-corrected chi connectivity index (χ3v) is 6.32. The summed E-state index contributed by atoms with van der Waals surface area (Å²) < 4.78 is 27.0. The lowest BCUT2D eigenvalue weighted by molar-refractivity contribution is 0.101. The first-order chi connectivity index (χ1) is 13.2. The quantitative estimate of drug-likeness (QED) is 0.451. The fourth-order valence-corrected chi connectivity index (χ4v) is 4.21. The zero-order valence-electron chi connectivity index (χ0n) is 14.3. The van der Waals surface area contributed by atoms with E-state index in [0.717, 1.165) is 0 Å². The second kappa shape index (κ2) is 8.05. The first-order valence-electron chi connectivity index (χ1n) is 7.79. The minimum atomic E-state index is -4.03. The summed E-state index contributed by atoms with van der Waals surface area (Å²) in [6.45, 7) is 1.38. The van der Waals surface area contributed by atoms with Crippen molar-refractivity contribution in [2.24, 2.45) is 0 Å². The van der Waals surface area contributed by atoms with Gasteiger partial charge in [0.15, 0.2) is 5.78 Å². The van der Waals surface area contributed by atoms with Gasteiger partial charge in [-0.15, -0.1) is 10.2 Å². The highest BCUT2D eigenvalue weighted by atomic mass is 35.5. The molecule has 0 fully saturated rings. The average molecular weight is 437 g/mol. The number of aromatic nitrogens is 2. The number of carbonyl (C=O) groups excluding carboxylic acids is 2. The number of hydrogen-bond donors (Lipinski definition) is 2. The highest BCUT2D eigenvalue weighted by Crippen LogP contribution is 2.23. The number of nitrogens with one attached hydrogen (secondary N) is 2. The van der Waals surface area contributed by atoms with Crippen LogP contribution in [-0.2, 0) is 10.0 Å². The Morgan fingerprint density at radius 2 is 1.75 bits per heavy atom. The van der Waals surface area contributed by atoms with E-state index in [-0.39, 0.29) is 20.9 Å². The lowest BCUT2D eigenvalue weighted by Crippen LogP contribution is -2.13. The molecular formula is C17H13ClN4O4S2. The van der Waals surface area contributed by atoms with E-state index in [2.05, 4.69) is 20.2 Å². The lowest BCUT2D eigenvalue weighted by Gasteiger charge is -2.06. The molecule has 1 aromatic heterocycles. The standard InChI is InChI=1S/C17H13ClN4O4S2/c1-10(23)12-3-2-4-14(9-12)22-28(25,26)17-21-20-16(27-17)19-15(24)11-5-7-13(18)8-6-11/h2-9,22H,1H3,(H,19,20,24). The molecule has 3 aromatic rings. The second-order valence-electron chi connectivity index (χ2n) is 5.58. The second-order valence-corrected chi connectivity index (χ2v) is 8.85. The minimum absolute atomic E-state index is 0.0258. The van der Waals surface area contributed by atoms with Gasteiger partial charge in [0.05, 0.1) is 0 Å². The minimum Gasteiger partial charge on any atom is -0.296 e. The molecule has 3 rings (SSSR count). The predicted octanol–water partition coefficient (Wildman–Crippen LogP) is 3.45. The molecule has 0 aliphatic heterocycles. The van der Waals surface area contributed by atoms with Crippen molar-refractivity contribution in [2.75, 3.05) is 10.0 Å². The van der Waals surface area contributed by atoms with E-state index in [0.29, 0.717) is 27.5 Å². The molecule has 0 unspecified atom stereocenters. The van der Waals surface area contributed by atoms with Crippen molar-refractivity contribution in [1.82, 2.24) is 10.2 Å². The predicted molar refractivity (Wildman–Crippen MR) is 107 cm³/mol. The molecule has 144 valence electrons. The van der Waals surface area contributed by atoms with Gasteiger partial charge in [-0.05, 0) is 43.3 Å². The molecule has 0 aliphatic carbocycles. The third-order valence-electron chi connectivity index (χ3n) is 3.48. The van der Waals surface area contributed by atoms with Crippen LogP contribution >= 0.6 is 22.9 Å². The van der Waals surface area contributed by atoms with Crippen LogP contribution in [0.1, 0.15) is 27.6 Å². The van der Waals surface area contributed by atoms with Gasteiger partial charge in [-0.25, -0.2) is 0 Å². The Bertz CT molecular complexity index is 1140. The van der Waals surface area contributed by atoms with Crippen LogP contribution in [0.2, 0.25) is 5.02 Å². The summed E-state index contributed by atoms with van der Waals surface area (Å²) >= 11 is 6.48. The molecule has 0 saturated heterocycles. The molecule has 0 aliphatic rings. The van der Waals surface area contributed by atoms with Crippen molar-refractivity contribution in [3.8, 4) is 0 Å². The number of ketones is 1. The van der Waals surface area contributed by atoms with Gasteiger partial charge in [0.1, 0.15) is 0 Å². The summed E-state index contributed by atoms with van der Waals surface area (Å²) in [6, 6.07) is 12.2. The molecule has 0 bridgehead atoms. The Morgan fingerprint density at radius 1 is 1.04 bits per heavy atom. The number of sulfonamides is 1. The monoisotopic (exact) mass is 436 g/mol. The van der Waals surface area contributed by atoms with Crippen LogP contribution in [0, 0.1) is 0 Å². The van der Waals surface area contributed by atoms with Gasteiger partial charge in [-0.2, -0.15) is 8.42 Å². The van der Waals surface area contributed by atoms with E-state index >= 15 is 0 Å². The molecule has 0 spiro atoms. The molecule has 8 nitrogen and oxygen atoms in total. The number of Topliss-reactive ketones (excluding diaryl/α,β-unsaturated/α-hetero) is 1. The molecule has 28 heavy (non-hydrogen) atoms. The summed E-state index contributed by atoms with van der Waals surface area (Å²) in [6.07, 6.45) is 0. The molecular weight excluding hydrogens is 424 g/mol. The number of anilines is 2. The van der Waals surface area contributed by atoms with Crippen LogP contribution in [0.15, 0.2) is 52.9 Å². The van der Waals surface area contributed by atoms with Gasteiger partial charge in [0, 0.05) is 21.8 Å². The first-order valence-corrected chi connectivity index (χ1v) is 10.5. The van der Waals surface area contributed by atoms with Crippen LogP contribution in [0.25, 0.3) is 0 Å². The Kier molecular flexibility index (Phi) is 5.73. The van der Waals surface area contributed by atoms with Gasteiger partial charge < -0.3 is 0 Å². The Morgan fingerprint density at radius 3 is 2.43 bits per heavy atom. The van der Waals surface area contributed by atoms with Gasteiger partial charge in [-0.3, -0.25) is 19.6 Å². The van der Waals surface area contributed by atoms with E-state index in [1.165, 1.54) is 31.2 Å². The number of halogens is 1. The Hall–Kier alpha value is -2.82. The number of hydrogen-bond acceptors (Lipinski definition) is 7. The summed E-state index contributed by atoms with van der Waals surface area (Å²) in [5.41, 5.74) is 0.922. The largest absolute Gasteiger partial charge is 0.296 e. The van der Waals surface area contributed by atoms with Gasteiger partial charge in [-0.1, -0.05) is 35.1 Å². The molecule has 0 saturated carbocycles. The maximum absolute atomic E-state index is 12.5. The summed E-state index contributed by atoms with van der Waals surface area (Å²) in [5.74, 6) is -0.664. The highest BCUT2D eigenvalue weighted by Gasteiger charge is 2.21. The van der Waals surface area contributed by atoms with Crippen LogP contribution in [-0.4, -0.2) is 30.3 Å². The smallest absolute Gasteiger partial charge is 0.291 e. The van der Waals surface area contributed by atoms with Crippen molar-refractivity contribution in [2.45, 2.75) is 11.3 Å². The highest BCUT2D eigenvalue weighted by molar-refractivity contribution is 7.94. The zero-order chi connectivity index (χ0) is 20.3. The lowest BCUT2D eigenvalue weighted by atomic mass is 10.1. The normalized spacial score (nSPS) is 11.1. The van der Waals surface area contributed by atoms with E-state index in [4.69, 9.17) is 11.6 Å². The summed E-state index contributed by atoms with van der Waals surface area (Å²) in [7, 11) is -4.03. The Balaban J connectivity index is 1.75. The van der Waals surface area contributed by atoms with Crippen LogP contribution in [0.4, 0.5) is 10.8 Å². The van der Waals surface area contributed by atoms with E-state index < -0.39 is 15.9 Å². The van der Waals surface area contributed by atoms with E-state index in [1.807, 2.05) is 0 Å². The maximum Gasteiger partial charge on any atom is 0.291 e. The number of carbonyl (C=O) groups is 2. The van der Waals surface area contributed by atoms with Crippen molar-refractivity contribution in [1.29, 1.82) is 0 Å². The molecule has 1 heterocycles. The Labute approximate surface area is 169 Å². The third kappa shape index (κ3) is 4.71. The van der Waals surface area contributed by atoms with Crippen molar-refractivity contribution in [3.63, 3.8) is 0 Å². The van der Waals surface area contributed by atoms with Gasteiger partial charge in [0.2, 0.25) is 5.13 Å². The molecule has 11 heteroatoms. The van der Waals surface area contributed by atoms with Crippen molar-refractivity contribution < 1.29 is 18.0 Å². The fraction of sp³-hybridized carbons (Fsp3) is 0.0588. The summed E-state index contributed by atoms with van der Waals surface area (Å²) in [5, 5.41) is 10.3. The van der Waals surface area contributed by atoms with Gasteiger partial charge in [0.25, 0.3) is 20.3 Å². The van der Waals surface area contributed by atoms with Gasteiger partial charge >= 0.3 is 0 Å². The topological polar surface area (TPSA) is 118 Å². The number of amides is 1. The maximum atomic E-state index is 12.5. The molecule has 2 aromatic carbocycles. The van der Waals surface area contributed by atoms with E-state index in [1.54, 1.807) is 24.3 Å². The molecule has 1 amide bonds. The van der Waals surface area contributed by atoms with Crippen molar-refractivity contribution in [3.05, 3.63) is 64.7 Å². The SMILES string of the molecule is CC(=O)c1cccc(NS(=O)(=O)c2nnc(NC(=O)c3ccc(Cl)cc3)s2)c1. The zero-order valence-corrected chi connectivity index (χ0v) is 16.7. The fourth-order valence-electron chi connectivity index (χ4n) is 2.14. The van der Waals surface area contributed by atoms with Crippen LogP contribution in [0.5, 0.6) is 0 Å². The number of nitrogens with zero attached hydrogens (tertiary/aromatic N) is 2. The molecule has 0 atom stereocenters. The first kappa shape index (κ1) is 19.9. The average Bonchev–Trinajstić information content (AvgIpc) is 3.11.